The maximum absolute atomic E-state index is 6.07. The Kier molecular flexibility index (Phi) is 6.55. The molecule has 0 saturated heterocycles. The van der Waals surface area contributed by atoms with Crippen LogP contribution in [0.5, 0.6) is 5.75 Å². The van der Waals surface area contributed by atoms with E-state index in [4.69, 9.17) is 16.3 Å². The van der Waals surface area contributed by atoms with Crippen molar-refractivity contribution in [1.29, 1.82) is 0 Å². The molecule has 0 aliphatic carbocycles. The summed E-state index contributed by atoms with van der Waals surface area (Å²) in [5.74, 6) is 0.797. The van der Waals surface area contributed by atoms with Crippen molar-refractivity contribution in [3.05, 3.63) is 50.1 Å². The summed E-state index contributed by atoms with van der Waals surface area (Å²) in [5, 5.41) is 6.35. The Morgan fingerprint density at radius 1 is 1.38 bits per heavy atom. The Morgan fingerprint density at radius 3 is 2.81 bits per heavy atom. The van der Waals surface area contributed by atoms with E-state index in [9.17, 15) is 0 Å². The standard InChI is InChI=1S/C16H19BrClNOS/c1-3-8-19-15(16-14(17)7-9-21-16)11(2)20-13-6-4-5-12(18)10-13/h4-7,9-11,15,19H,3,8H2,1-2H3. The zero-order valence-corrected chi connectivity index (χ0v) is 15.3. The highest BCUT2D eigenvalue weighted by Gasteiger charge is 2.23. The Bertz CT molecular complexity index is 575. The largest absolute Gasteiger partial charge is 0.489 e. The van der Waals surface area contributed by atoms with E-state index in [0.29, 0.717) is 5.02 Å². The molecule has 1 aromatic carbocycles. The molecule has 2 unspecified atom stereocenters. The first-order valence-corrected chi connectivity index (χ1v) is 9.05. The minimum absolute atomic E-state index is 0.00460. The average Bonchev–Trinajstić information content (AvgIpc) is 2.86. The number of rotatable bonds is 7. The molecule has 0 saturated carbocycles. The molecular formula is C16H19BrClNOS. The molecule has 0 aliphatic rings. The number of halogens is 2. The van der Waals surface area contributed by atoms with E-state index in [1.807, 2.05) is 24.3 Å². The van der Waals surface area contributed by atoms with Gasteiger partial charge < -0.3 is 10.1 Å². The second kappa shape index (κ2) is 8.18. The highest BCUT2D eigenvalue weighted by Crippen LogP contribution is 2.32. The van der Waals surface area contributed by atoms with Crippen molar-refractivity contribution in [2.45, 2.75) is 32.4 Å². The van der Waals surface area contributed by atoms with Gasteiger partial charge in [-0.1, -0.05) is 24.6 Å². The van der Waals surface area contributed by atoms with Crippen LogP contribution in [0.25, 0.3) is 0 Å². The summed E-state index contributed by atoms with van der Waals surface area (Å²) in [4.78, 5) is 1.26. The van der Waals surface area contributed by atoms with Crippen molar-refractivity contribution in [2.75, 3.05) is 6.54 Å². The van der Waals surface area contributed by atoms with Crippen LogP contribution in [0.1, 0.15) is 31.2 Å². The molecule has 2 aromatic rings. The van der Waals surface area contributed by atoms with Crippen LogP contribution in [-0.4, -0.2) is 12.6 Å². The first-order chi connectivity index (χ1) is 10.1. The van der Waals surface area contributed by atoms with Crippen molar-refractivity contribution < 1.29 is 4.74 Å². The highest BCUT2D eigenvalue weighted by atomic mass is 79.9. The molecule has 5 heteroatoms. The van der Waals surface area contributed by atoms with Crippen molar-refractivity contribution in [2.24, 2.45) is 0 Å². The van der Waals surface area contributed by atoms with Gasteiger partial charge in [0.05, 0.1) is 6.04 Å². The molecular weight excluding hydrogens is 370 g/mol. The van der Waals surface area contributed by atoms with E-state index < -0.39 is 0 Å². The molecule has 1 aromatic heterocycles. The zero-order chi connectivity index (χ0) is 15.2. The van der Waals surface area contributed by atoms with Gasteiger partial charge in [-0.15, -0.1) is 11.3 Å². The van der Waals surface area contributed by atoms with Crippen LogP contribution >= 0.6 is 38.9 Å². The van der Waals surface area contributed by atoms with Crippen LogP contribution in [0.2, 0.25) is 5.02 Å². The van der Waals surface area contributed by atoms with Gasteiger partial charge >= 0.3 is 0 Å². The van der Waals surface area contributed by atoms with Gasteiger partial charge in [0.15, 0.2) is 0 Å². The fourth-order valence-corrected chi connectivity index (χ4v) is 4.09. The SMILES string of the molecule is CCCNC(c1sccc1Br)C(C)Oc1cccc(Cl)c1. The monoisotopic (exact) mass is 387 g/mol. The first kappa shape index (κ1) is 16.8. The number of benzene rings is 1. The lowest BCUT2D eigenvalue weighted by atomic mass is 10.1. The van der Waals surface area contributed by atoms with Gasteiger partial charge in [-0.25, -0.2) is 0 Å². The Hall–Kier alpha value is -0.550. The molecule has 2 nitrogen and oxygen atoms in total. The van der Waals surface area contributed by atoms with Crippen molar-refractivity contribution in [1.82, 2.24) is 5.32 Å². The second-order valence-corrected chi connectivity index (χ2v) is 7.08. The molecule has 0 aliphatic heterocycles. The van der Waals surface area contributed by atoms with Gasteiger partial charge in [0.2, 0.25) is 0 Å². The van der Waals surface area contributed by atoms with Gasteiger partial charge in [-0.3, -0.25) is 0 Å². The number of hydrogen-bond donors (Lipinski definition) is 1. The van der Waals surface area contributed by atoms with Crippen LogP contribution in [-0.2, 0) is 0 Å². The number of ether oxygens (including phenoxy) is 1. The summed E-state index contributed by atoms with van der Waals surface area (Å²) in [6.45, 7) is 5.20. The minimum atomic E-state index is 0.00460. The third-order valence-electron chi connectivity index (χ3n) is 3.13. The van der Waals surface area contributed by atoms with Crippen molar-refractivity contribution in [3.8, 4) is 5.75 Å². The zero-order valence-electron chi connectivity index (χ0n) is 12.1. The van der Waals surface area contributed by atoms with E-state index in [1.54, 1.807) is 11.3 Å². The predicted molar refractivity (Wildman–Crippen MR) is 94.6 cm³/mol. The first-order valence-electron chi connectivity index (χ1n) is 7.00. The minimum Gasteiger partial charge on any atom is -0.489 e. The van der Waals surface area contributed by atoms with Gasteiger partial charge in [0.25, 0.3) is 0 Å². The summed E-state index contributed by atoms with van der Waals surface area (Å²) in [6, 6.07) is 9.76. The maximum Gasteiger partial charge on any atom is 0.121 e. The van der Waals surface area contributed by atoms with E-state index in [0.717, 1.165) is 23.2 Å². The fraction of sp³-hybridized carbons (Fsp3) is 0.375. The Balaban J connectivity index is 2.14. The van der Waals surface area contributed by atoms with Crippen LogP contribution in [0, 0.1) is 0 Å². The molecule has 0 spiro atoms. The lowest BCUT2D eigenvalue weighted by molar-refractivity contribution is 0.172. The third kappa shape index (κ3) is 4.71. The molecule has 2 atom stereocenters. The summed E-state index contributed by atoms with van der Waals surface area (Å²) in [6.07, 6.45) is 1.09. The van der Waals surface area contributed by atoms with Gasteiger partial charge in [0.1, 0.15) is 11.9 Å². The van der Waals surface area contributed by atoms with Crippen LogP contribution in [0.4, 0.5) is 0 Å². The molecule has 0 radical (unpaired) electrons. The summed E-state index contributed by atoms with van der Waals surface area (Å²) < 4.78 is 7.20. The maximum atomic E-state index is 6.07. The Labute approximate surface area is 143 Å². The van der Waals surface area contributed by atoms with Crippen LogP contribution in [0.3, 0.4) is 0 Å². The third-order valence-corrected chi connectivity index (χ3v) is 5.32. The molecule has 1 heterocycles. The summed E-state index contributed by atoms with van der Waals surface area (Å²) >= 11 is 11.4. The lowest BCUT2D eigenvalue weighted by Crippen LogP contribution is -2.34. The highest BCUT2D eigenvalue weighted by molar-refractivity contribution is 9.10. The topological polar surface area (TPSA) is 21.3 Å². The molecule has 2 rings (SSSR count). The van der Waals surface area contributed by atoms with E-state index >= 15 is 0 Å². The fourth-order valence-electron chi connectivity index (χ4n) is 2.12. The molecule has 0 amide bonds. The predicted octanol–water partition coefficient (Wildman–Crippen LogP) is 5.67. The molecule has 21 heavy (non-hydrogen) atoms. The smallest absolute Gasteiger partial charge is 0.121 e. The quantitative estimate of drug-likeness (QED) is 0.659. The second-order valence-electron chi connectivity index (χ2n) is 4.84. The number of thiophene rings is 1. The van der Waals surface area contributed by atoms with E-state index in [-0.39, 0.29) is 12.1 Å². The molecule has 114 valence electrons. The summed E-state index contributed by atoms with van der Waals surface area (Å²) in [5.41, 5.74) is 0. The number of nitrogens with one attached hydrogen (secondary N) is 1. The van der Waals surface area contributed by atoms with Crippen LogP contribution in [0.15, 0.2) is 40.2 Å². The van der Waals surface area contributed by atoms with Gasteiger partial charge in [0, 0.05) is 14.4 Å². The molecule has 0 fully saturated rings. The van der Waals surface area contributed by atoms with Gasteiger partial charge in [-0.05, 0) is 65.5 Å². The molecule has 0 bridgehead atoms. The normalized spacial score (nSPS) is 13.9. The molecule has 1 N–H and O–H groups in total. The van der Waals surface area contributed by atoms with Crippen molar-refractivity contribution >= 4 is 38.9 Å². The van der Waals surface area contributed by atoms with E-state index in [1.165, 1.54) is 4.88 Å². The van der Waals surface area contributed by atoms with Gasteiger partial charge in [-0.2, -0.15) is 0 Å². The number of hydrogen-bond acceptors (Lipinski definition) is 3. The Morgan fingerprint density at radius 2 is 2.19 bits per heavy atom. The lowest BCUT2D eigenvalue weighted by Gasteiger charge is -2.26. The van der Waals surface area contributed by atoms with Crippen LogP contribution < -0.4 is 10.1 Å². The average molecular weight is 389 g/mol. The van der Waals surface area contributed by atoms with E-state index in [2.05, 4.69) is 46.5 Å². The van der Waals surface area contributed by atoms with Crippen molar-refractivity contribution in [3.63, 3.8) is 0 Å². The summed E-state index contributed by atoms with van der Waals surface area (Å²) in [7, 11) is 0.